The minimum atomic E-state index is -1.38. The molecule has 0 aliphatic rings. The van der Waals surface area contributed by atoms with Gasteiger partial charge in [-0.25, -0.2) is 4.79 Å². The number of thiophene rings is 1. The molecule has 1 N–H and O–H groups in total. The van der Waals surface area contributed by atoms with Crippen LogP contribution in [0.25, 0.3) is 0 Å². The molecule has 0 aliphatic carbocycles. The highest BCUT2D eigenvalue weighted by Gasteiger charge is 2.14. The molecule has 0 unspecified atom stereocenters. The molecule has 0 aromatic carbocycles. The Kier molecular flexibility index (Phi) is 2.99. The monoisotopic (exact) mass is 248 g/mol. The van der Waals surface area contributed by atoms with Crippen molar-refractivity contribution in [1.82, 2.24) is 0 Å². The molecule has 1 heterocycles. The molecule has 0 aliphatic heterocycles. The van der Waals surface area contributed by atoms with Gasteiger partial charge in [-0.05, 0) is 27.4 Å². The third-order valence-electron chi connectivity index (χ3n) is 1.25. The van der Waals surface area contributed by atoms with E-state index in [-0.39, 0.29) is 6.42 Å². The van der Waals surface area contributed by atoms with Crippen LogP contribution in [0.4, 0.5) is 0 Å². The summed E-state index contributed by atoms with van der Waals surface area (Å²) in [7, 11) is 0. The third kappa shape index (κ3) is 2.15. The number of carboxylic acids is 1. The van der Waals surface area contributed by atoms with Gasteiger partial charge in [0, 0.05) is 9.35 Å². The zero-order valence-electron chi connectivity index (χ0n) is 5.91. The molecule has 1 aromatic heterocycles. The maximum absolute atomic E-state index is 10.7. The summed E-state index contributed by atoms with van der Waals surface area (Å²) in [6.07, 6.45) is -0.0341. The topological polar surface area (TPSA) is 54.4 Å². The van der Waals surface area contributed by atoms with Crippen molar-refractivity contribution in [1.29, 1.82) is 0 Å². The Bertz CT molecular complexity index is 318. The Morgan fingerprint density at radius 3 is 2.67 bits per heavy atom. The van der Waals surface area contributed by atoms with Gasteiger partial charge in [-0.1, -0.05) is 0 Å². The van der Waals surface area contributed by atoms with E-state index in [1.165, 1.54) is 11.3 Å². The van der Waals surface area contributed by atoms with E-state index in [4.69, 9.17) is 5.11 Å². The minimum absolute atomic E-state index is 0.0341. The first-order valence-corrected chi connectivity index (χ1v) is 4.76. The van der Waals surface area contributed by atoms with Crippen molar-refractivity contribution in [2.24, 2.45) is 0 Å². The van der Waals surface area contributed by atoms with Crippen LogP contribution >= 0.6 is 27.3 Å². The van der Waals surface area contributed by atoms with E-state index in [1.807, 2.05) is 0 Å². The zero-order valence-corrected chi connectivity index (χ0v) is 8.31. The molecular formula is C7H5BrO3S. The van der Waals surface area contributed by atoms with Gasteiger partial charge in [-0.2, -0.15) is 0 Å². The van der Waals surface area contributed by atoms with Crippen molar-refractivity contribution in [3.8, 4) is 0 Å². The van der Waals surface area contributed by atoms with Crippen LogP contribution in [0.15, 0.2) is 15.9 Å². The molecule has 0 radical (unpaired) electrons. The van der Waals surface area contributed by atoms with Crippen LogP contribution in [-0.2, 0) is 16.0 Å². The molecule has 0 spiro atoms. The van der Waals surface area contributed by atoms with Crippen LogP contribution in [0.3, 0.4) is 0 Å². The van der Waals surface area contributed by atoms with Gasteiger partial charge < -0.3 is 5.11 Å². The lowest BCUT2D eigenvalue weighted by molar-refractivity contribution is -0.148. The van der Waals surface area contributed by atoms with Gasteiger partial charge in [0.05, 0.1) is 6.42 Å². The number of Topliss-reactive ketones (excluding diaryl/α,β-unsaturated/α-hetero) is 1. The quantitative estimate of drug-likeness (QED) is 0.829. The average Bonchev–Trinajstić information content (AvgIpc) is 2.36. The number of carbonyl (C=O) groups excluding carboxylic acids is 1. The third-order valence-corrected chi connectivity index (χ3v) is 3.18. The summed E-state index contributed by atoms with van der Waals surface area (Å²) in [5, 5.41) is 10.1. The summed E-state index contributed by atoms with van der Waals surface area (Å²) in [6.45, 7) is 0. The Hall–Kier alpha value is -0.680. The maximum Gasteiger partial charge on any atom is 0.372 e. The number of hydrogen-bond acceptors (Lipinski definition) is 3. The Labute approximate surface area is 81.2 Å². The predicted molar refractivity (Wildman–Crippen MR) is 48.4 cm³/mol. The summed E-state index contributed by atoms with van der Waals surface area (Å²) >= 11 is 4.57. The second-order valence-electron chi connectivity index (χ2n) is 2.10. The lowest BCUT2D eigenvalue weighted by Crippen LogP contribution is -2.14. The molecule has 0 saturated heterocycles. The molecule has 0 atom stereocenters. The molecule has 1 aromatic rings. The van der Waals surface area contributed by atoms with E-state index in [0.29, 0.717) is 0 Å². The molecule has 3 nitrogen and oxygen atoms in total. The van der Waals surface area contributed by atoms with Crippen LogP contribution in [0.5, 0.6) is 0 Å². The highest BCUT2D eigenvalue weighted by Crippen LogP contribution is 2.22. The summed E-state index contributed by atoms with van der Waals surface area (Å²) in [5.41, 5.74) is 0. The number of carbonyl (C=O) groups is 2. The lowest BCUT2D eigenvalue weighted by Gasteiger charge is -1.92. The first-order chi connectivity index (χ1) is 5.61. The van der Waals surface area contributed by atoms with Crippen molar-refractivity contribution < 1.29 is 14.7 Å². The minimum Gasteiger partial charge on any atom is -0.475 e. The molecule has 0 saturated carbocycles. The van der Waals surface area contributed by atoms with Crippen molar-refractivity contribution in [3.05, 3.63) is 20.8 Å². The number of halogens is 1. The molecular weight excluding hydrogens is 244 g/mol. The van der Waals surface area contributed by atoms with Crippen LogP contribution < -0.4 is 0 Å². The number of ketones is 1. The van der Waals surface area contributed by atoms with Gasteiger partial charge in [0.2, 0.25) is 5.78 Å². The molecule has 12 heavy (non-hydrogen) atoms. The Balaban J connectivity index is 2.71. The first-order valence-electron chi connectivity index (χ1n) is 3.09. The summed E-state index contributed by atoms with van der Waals surface area (Å²) in [5.74, 6) is -2.16. The van der Waals surface area contributed by atoms with E-state index in [9.17, 15) is 9.59 Å². The van der Waals surface area contributed by atoms with E-state index in [2.05, 4.69) is 15.9 Å². The fourth-order valence-corrected chi connectivity index (χ4v) is 2.16. The van der Waals surface area contributed by atoms with E-state index >= 15 is 0 Å². The fourth-order valence-electron chi connectivity index (χ4n) is 0.673. The summed E-state index contributed by atoms with van der Waals surface area (Å²) < 4.78 is 0.794. The highest BCUT2D eigenvalue weighted by molar-refractivity contribution is 9.10. The average molecular weight is 249 g/mol. The van der Waals surface area contributed by atoms with Crippen molar-refractivity contribution in [2.45, 2.75) is 6.42 Å². The maximum atomic E-state index is 10.7. The smallest absolute Gasteiger partial charge is 0.372 e. The number of aliphatic carboxylic acids is 1. The molecule has 0 amide bonds. The van der Waals surface area contributed by atoms with Crippen LogP contribution in [0.2, 0.25) is 0 Å². The van der Waals surface area contributed by atoms with Crippen molar-refractivity contribution in [2.75, 3.05) is 0 Å². The SMILES string of the molecule is O=C(O)C(=O)Cc1sccc1Br. The van der Waals surface area contributed by atoms with Gasteiger partial charge in [0.15, 0.2) is 0 Å². The van der Waals surface area contributed by atoms with Crippen molar-refractivity contribution in [3.63, 3.8) is 0 Å². The number of carboxylic acid groups (broad SMARTS) is 1. The largest absolute Gasteiger partial charge is 0.475 e. The van der Waals surface area contributed by atoms with Crippen LogP contribution in [0.1, 0.15) is 4.88 Å². The van der Waals surface area contributed by atoms with Crippen LogP contribution in [-0.4, -0.2) is 16.9 Å². The molecule has 64 valence electrons. The molecule has 1 rings (SSSR count). The number of hydrogen-bond donors (Lipinski definition) is 1. The normalized spacial score (nSPS) is 9.75. The van der Waals surface area contributed by atoms with Gasteiger partial charge >= 0.3 is 5.97 Å². The summed E-state index contributed by atoms with van der Waals surface area (Å²) in [6, 6.07) is 1.79. The fraction of sp³-hybridized carbons (Fsp3) is 0.143. The molecule has 0 bridgehead atoms. The predicted octanol–water partition coefficient (Wildman–Crippen LogP) is 1.71. The van der Waals surface area contributed by atoms with Gasteiger partial charge in [0.1, 0.15) is 0 Å². The Morgan fingerprint density at radius 1 is 1.58 bits per heavy atom. The number of rotatable bonds is 3. The second kappa shape index (κ2) is 3.82. The zero-order chi connectivity index (χ0) is 9.14. The van der Waals surface area contributed by atoms with E-state index < -0.39 is 11.8 Å². The summed E-state index contributed by atoms with van der Waals surface area (Å²) in [4.78, 5) is 21.7. The van der Waals surface area contributed by atoms with Gasteiger partial charge in [-0.3, -0.25) is 4.79 Å². The van der Waals surface area contributed by atoms with E-state index in [0.717, 1.165) is 9.35 Å². The molecule has 0 fully saturated rings. The van der Waals surface area contributed by atoms with E-state index in [1.54, 1.807) is 11.4 Å². The van der Waals surface area contributed by atoms with Crippen LogP contribution in [0, 0.1) is 0 Å². The first kappa shape index (κ1) is 9.41. The lowest BCUT2D eigenvalue weighted by atomic mass is 10.2. The van der Waals surface area contributed by atoms with Gasteiger partial charge in [0.25, 0.3) is 0 Å². The highest BCUT2D eigenvalue weighted by atomic mass is 79.9. The Morgan fingerprint density at radius 2 is 2.25 bits per heavy atom. The molecule has 5 heteroatoms. The second-order valence-corrected chi connectivity index (χ2v) is 3.95. The van der Waals surface area contributed by atoms with Crippen molar-refractivity contribution >= 4 is 39.0 Å². The van der Waals surface area contributed by atoms with Gasteiger partial charge in [-0.15, -0.1) is 11.3 Å². The standard InChI is InChI=1S/C7H5BrO3S/c8-4-1-2-12-6(4)3-5(9)7(10)11/h1-2H,3H2,(H,10,11).